The van der Waals surface area contributed by atoms with Crippen LogP contribution < -0.4 is 15.4 Å². The van der Waals surface area contributed by atoms with Gasteiger partial charge in [-0.3, -0.25) is 4.90 Å². The maximum Gasteiger partial charge on any atom is 0.165 e. The van der Waals surface area contributed by atoms with Gasteiger partial charge in [0.2, 0.25) is 0 Å². The van der Waals surface area contributed by atoms with Crippen LogP contribution in [-0.4, -0.2) is 64.4 Å². The Morgan fingerprint density at radius 3 is 2.93 bits per heavy atom. The summed E-state index contributed by atoms with van der Waals surface area (Å²) in [5.74, 6) is 2.36. The quantitative estimate of drug-likeness (QED) is 0.648. The Morgan fingerprint density at radius 1 is 1.17 bits per heavy atom. The lowest BCUT2D eigenvalue weighted by molar-refractivity contribution is 0.152. The number of aryl methyl sites for hydroxylation is 1. The molecule has 158 valence electrons. The molecule has 3 atom stereocenters. The molecule has 7 nitrogen and oxygen atoms in total. The zero-order chi connectivity index (χ0) is 20.7. The van der Waals surface area contributed by atoms with Gasteiger partial charge in [-0.05, 0) is 42.2 Å². The fourth-order valence-electron chi connectivity index (χ4n) is 4.42. The number of fused-ring (bicyclic) bond motifs is 6. The summed E-state index contributed by atoms with van der Waals surface area (Å²) in [6.45, 7) is 11.3. The molecular formula is C23H30N6O. The predicted octanol–water partition coefficient (Wildman–Crippen LogP) is 2.81. The SMILES string of the molecule is Cc1ccc2cc1-c1cnn3ccc(nc13)NCCN1C[C@@H](CN[C@@H](C(C)C)C1)O2. The van der Waals surface area contributed by atoms with Crippen LogP contribution in [0.25, 0.3) is 16.8 Å². The number of hydrogen-bond acceptors (Lipinski definition) is 6. The smallest absolute Gasteiger partial charge is 0.165 e. The topological polar surface area (TPSA) is 66.7 Å². The van der Waals surface area contributed by atoms with Gasteiger partial charge in [0.05, 0.1) is 6.20 Å². The molecule has 0 aliphatic carbocycles. The number of aromatic nitrogens is 3. The number of rotatable bonds is 1. The Bertz CT molecular complexity index is 1050. The highest BCUT2D eigenvalue weighted by molar-refractivity contribution is 5.80. The standard InChI is InChI=1S/C23H30N6O/c1-15(2)21-14-28-9-7-24-22-6-8-29-23(27-22)20(12-26-29)19-10-17(5-4-16(19)3)30-18(13-28)11-25-21/h4-6,8,10,12,15,18,21,25H,7,9,11,13-14H2,1-3H3,(H,24,27)/t18-,21-/m1/s1. The van der Waals surface area contributed by atoms with Gasteiger partial charge in [-0.15, -0.1) is 0 Å². The summed E-state index contributed by atoms with van der Waals surface area (Å²) in [6.07, 6.45) is 3.97. The molecule has 4 heterocycles. The molecule has 2 aromatic heterocycles. The first-order chi connectivity index (χ1) is 14.6. The second kappa shape index (κ2) is 7.89. The van der Waals surface area contributed by atoms with Gasteiger partial charge < -0.3 is 15.4 Å². The molecule has 2 aliphatic heterocycles. The Balaban J connectivity index is 1.56. The summed E-state index contributed by atoms with van der Waals surface area (Å²) in [6, 6.07) is 8.79. The molecule has 2 N–H and O–H groups in total. The summed E-state index contributed by atoms with van der Waals surface area (Å²) in [7, 11) is 0. The van der Waals surface area contributed by atoms with Crippen LogP contribution in [0.5, 0.6) is 5.75 Å². The minimum atomic E-state index is 0.107. The third kappa shape index (κ3) is 3.75. The zero-order valence-electron chi connectivity index (χ0n) is 17.9. The average Bonchev–Trinajstić information content (AvgIpc) is 3.03. The van der Waals surface area contributed by atoms with Gasteiger partial charge in [0.15, 0.2) is 5.65 Å². The van der Waals surface area contributed by atoms with Crippen LogP contribution in [0.4, 0.5) is 5.82 Å². The van der Waals surface area contributed by atoms with E-state index in [1.54, 1.807) is 0 Å². The lowest BCUT2D eigenvalue weighted by Crippen LogP contribution is -2.42. The maximum absolute atomic E-state index is 6.49. The Labute approximate surface area is 177 Å². The molecule has 0 saturated carbocycles. The molecule has 2 aliphatic rings. The summed E-state index contributed by atoms with van der Waals surface area (Å²) in [5.41, 5.74) is 4.18. The van der Waals surface area contributed by atoms with Gasteiger partial charge in [0, 0.05) is 50.5 Å². The normalized spacial score (nSPS) is 24.2. The van der Waals surface area contributed by atoms with E-state index in [2.05, 4.69) is 59.6 Å². The van der Waals surface area contributed by atoms with E-state index in [0.717, 1.165) is 61.1 Å². The Kier molecular flexibility index (Phi) is 5.08. The van der Waals surface area contributed by atoms with Crippen molar-refractivity contribution in [2.45, 2.75) is 32.9 Å². The maximum atomic E-state index is 6.49. The molecule has 1 unspecified atom stereocenters. The number of nitrogens with one attached hydrogen (secondary N) is 2. The van der Waals surface area contributed by atoms with E-state index in [1.807, 2.05) is 23.0 Å². The fraction of sp³-hybridized carbons (Fsp3) is 0.478. The lowest BCUT2D eigenvalue weighted by atomic mass is 10.0. The van der Waals surface area contributed by atoms with Crippen LogP contribution in [0.15, 0.2) is 36.7 Å². The van der Waals surface area contributed by atoms with Crippen molar-refractivity contribution in [3.63, 3.8) is 0 Å². The van der Waals surface area contributed by atoms with E-state index >= 15 is 0 Å². The van der Waals surface area contributed by atoms with E-state index in [4.69, 9.17) is 9.72 Å². The van der Waals surface area contributed by atoms with Crippen LogP contribution in [0.2, 0.25) is 0 Å². The first-order valence-electron chi connectivity index (χ1n) is 10.9. The zero-order valence-corrected chi connectivity index (χ0v) is 17.9. The molecule has 0 spiro atoms. The van der Waals surface area contributed by atoms with Crippen molar-refractivity contribution in [2.24, 2.45) is 5.92 Å². The molecule has 1 saturated heterocycles. The van der Waals surface area contributed by atoms with E-state index in [9.17, 15) is 0 Å². The van der Waals surface area contributed by atoms with Gasteiger partial charge in [-0.25, -0.2) is 9.50 Å². The molecule has 0 radical (unpaired) electrons. The van der Waals surface area contributed by atoms with Crippen LogP contribution in [0.1, 0.15) is 19.4 Å². The molecular weight excluding hydrogens is 376 g/mol. The van der Waals surface area contributed by atoms with Crippen LogP contribution in [0.3, 0.4) is 0 Å². The molecule has 7 heteroatoms. The largest absolute Gasteiger partial charge is 0.488 e. The molecule has 0 amide bonds. The van der Waals surface area contributed by atoms with Crippen molar-refractivity contribution in [3.8, 4) is 16.9 Å². The van der Waals surface area contributed by atoms with E-state index < -0.39 is 0 Å². The van der Waals surface area contributed by atoms with Crippen molar-refractivity contribution in [1.29, 1.82) is 0 Å². The minimum Gasteiger partial charge on any atom is -0.488 e. The highest BCUT2D eigenvalue weighted by Crippen LogP contribution is 2.31. The Hall–Kier alpha value is -2.64. The van der Waals surface area contributed by atoms with Crippen molar-refractivity contribution in [3.05, 3.63) is 42.2 Å². The molecule has 1 fully saturated rings. The predicted molar refractivity (Wildman–Crippen MR) is 119 cm³/mol. The number of benzene rings is 1. The summed E-state index contributed by atoms with van der Waals surface area (Å²) < 4.78 is 8.32. The third-order valence-corrected chi connectivity index (χ3v) is 6.23. The first kappa shape index (κ1) is 19.3. The van der Waals surface area contributed by atoms with Crippen molar-refractivity contribution >= 4 is 11.5 Å². The second-order valence-electron chi connectivity index (χ2n) is 8.80. The second-order valence-corrected chi connectivity index (χ2v) is 8.80. The molecule has 5 rings (SSSR count). The Morgan fingerprint density at radius 2 is 2.07 bits per heavy atom. The van der Waals surface area contributed by atoms with Crippen molar-refractivity contribution < 1.29 is 4.74 Å². The number of ether oxygens (including phenoxy) is 1. The molecule has 30 heavy (non-hydrogen) atoms. The number of nitrogens with zero attached hydrogens (tertiary/aromatic N) is 4. The van der Waals surface area contributed by atoms with E-state index in [1.165, 1.54) is 5.56 Å². The minimum absolute atomic E-state index is 0.107. The van der Waals surface area contributed by atoms with E-state index in [-0.39, 0.29) is 6.10 Å². The summed E-state index contributed by atoms with van der Waals surface area (Å²) in [5, 5.41) is 11.7. The third-order valence-electron chi connectivity index (χ3n) is 6.23. The average molecular weight is 407 g/mol. The highest BCUT2D eigenvalue weighted by atomic mass is 16.5. The lowest BCUT2D eigenvalue weighted by Gasteiger charge is -2.27. The first-order valence-corrected chi connectivity index (χ1v) is 10.9. The monoisotopic (exact) mass is 406 g/mol. The van der Waals surface area contributed by atoms with Crippen molar-refractivity contribution in [1.82, 2.24) is 24.8 Å². The summed E-state index contributed by atoms with van der Waals surface area (Å²) in [4.78, 5) is 7.36. The molecule has 3 aromatic rings. The van der Waals surface area contributed by atoms with Crippen LogP contribution in [0, 0.1) is 12.8 Å². The highest BCUT2D eigenvalue weighted by Gasteiger charge is 2.26. The fourth-order valence-corrected chi connectivity index (χ4v) is 4.42. The van der Waals surface area contributed by atoms with Gasteiger partial charge in [-0.2, -0.15) is 5.10 Å². The molecule has 6 bridgehead atoms. The van der Waals surface area contributed by atoms with Gasteiger partial charge in [-0.1, -0.05) is 19.9 Å². The van der Waals surface area contributed by atoms with Crippen LogP contribution >= 0.6 is 0 Å². The number of anilines is 1. The van der Waals surface area contributed by atoms with Gasteiger partial charge in [0.25, 0.3) is 0 Å². The number of hydrogen-bond donors (Lipinski definition) is 2. The van der Waals surface area contributed by atoms with Gasteiger partial charge in [0.1, 0.15) is 17.7 Å². The summed E-state index contributed by atoms with van der Waals surface area (Å²) >= 11 is 0. The van der Waals surface area contributed by atoms with E-state index in [0.29, 0.717) is 12.0 Å². The van der Waals surface area contributed by atoms with Crippen molar-refractivity contribution in [2.75, 3.05) is 38.0 Å². The molecule has 1 aromatic carbocycles. The van der Waals surface area contributed by atoms with Crippen LogP contribution in [-0.2, 0) is 0 Å². The van der Waals surface area contributed by atoms with Gasteiger partial charge >= 0.3 is 0 Å².